The van der Waals surface area contributed by atoms with Crippen molar-refractivity contribution >= 4 is 50.7 Å². The van der Waals surface area contributed by atoms with E-state index in [9.17, 15) is 14.6 Å². The standard InChI is InChI=1S/C52H58Cl2FN7O9S/c1-30-42-31(2)46(54)47(45(30)53)70-38(24-61-18-16-60(3)17-19-61)27-68-37-8-9-40(69-25-35-10-13-56-52(59-35)62-14-11-36(12-15-62)67-28-39-26-65-20-21-66-39)33(22-37)23-41(51(63)64)71-49-44-43(42)48(72-50(44)58-29-57-49)32-4-6-34(55)7-5-32/h4-10,13,22,29,36,38-39,41,51,63-64H,11-12,14-21,23-28H2,1-3H3/t38-,39-,41-/m1/s1. The van der Waals surface area contributed by atoms with Crippen molar-refractivity contribution in [3.8, 4) is 44.7 Å². The topological polar surface area (TPSA) is 166 Å². The van der Waals surface area contributed by atoms with Gasteiger partial charge in [0.05, 0.1) is 53.7 Å². The first kappa shape index (κ1) is 50.5. The molecule has 0 spiro atoms. The Kier molecular flexibility index (Phi) is 15.9. The van der Waals surface area contributed by atoms with E-state index >= 15 is 0 Å². The normalized spacial score (nSPS) is 20.6. The second kappa shape index (κ2) is 22.6. The molecule has 11 rings (SSSR count). The first-order valence-electron chi connectivity index (χ1n) is 24.3. The summed E-state index contributed by atoms with van der Waals surface area (Å²) >= 11 is 16.1. The van der Waals surface area contributed by atoms with E-state index in [4.69, 9.17) is 61.3 Å². The highest BCUT2D eigenvalue weighted by Crippen LogP contribution is 2.53. The fourth-order valence-electron chi connectivity index (χ4n) is 9.64. The van der Waals surface area contributed by atoms with Gasteiger partial charge in [-0.15, -0.1) is 11.3 Å². The molecule has 0 unspecified atom stereocenters. The molecule has 3 fully saturated rings. The van der Waals surface area contributed by atoms with E-state index < -0.39 is 18.5 Å². The third-order valence-electron chi connectivity index (χ3n) is 13.6. The van der Waals surface area contributed by atoms with Crippen LogP contribution in [0.5, 0.6) is 23.1 Å². The molecule has 4 bridgehead atoms. The number of hydrogen-bond acceptors (Lipinski definition) is 17. The summed E-state index contributed by atoms with van der Waals surface area (Å²) in [6.07, 6.45) is 1.01. The Morgan fingerprint density at radius 3 is 2.39 bits per heavy atom. The molecule has 6 aromatic rings. The van der Waals surface area contributed by atoms with Crippen molar-refractivity contribution in [1.29, 1.82) is 0 Å². The molecule has 2 N–H and O–H groups in total. The highest BCUT2D eigenvalue weighted by Gasteiger charge is 2.32. The summed E-state index contributed by atoms with van der Waals surface area (Å²) < 4.78 is 58.5. The zero-order chi connectivity index (χ0) is 49.9. The van der Waals surface area contributed by atoms with Gasteiger partial charge in [0.25, 0.3) is 0 Å². The van der Waals surface area contributed by atoms with Crippen LogP contribution in [0, 0.1) is 19.7 Å². The lowest BCUT2D eigenvalue weighted by molar-refractivity contribution is -0.126. The van der Waals surface area contributed by atoms with E-state index in [1.165, 1.54) is 29.8 Å². The number of piperidine rings is 1. The number of aromatic nitrogens is 4. The van der Waals surface area contributed by atoms with Crippen molar-refractivity contribution in [3.63, 3.8) is 0 Å². The van der Waals surface area contributed by atoms with Crippen molar-refractivity contribution in [2.75, 3.05) is 90.8 Å². The zero-order valence-corrected chi connectivity index (χ0v) is 42.7. The minimum absolute atomic E-state index is 0.0356. The Bertz CT molecular complexity index is 2810. The van der Waals surface area contributed by atoms with Gasteiger partial charge < -0.3 is 53.2 Å². The number of piperazine rings is 1. The molecule has 16 nitrogen and oxygen atoms in total. The van der Waals surface area contributed by atoms with Crippen LogP contribution in [-0.2, 0) is 27.2 Å². The summed E-state index contributed by atoms with van der Waals surface area (Å²) in [7, 11) is 2.11. The van der Waals surface area contributed by atoms with Gasteiger partial charge in [0.2, 0.25) is 11.8 Å². The lowest BCUT2D eigenvalue weighted by atomic mass is 9.92. The van der Waals surface area contributed by atoms with Gasteiger partial charge in [0, 0.05) is 74.4 Å². The predicted octanol–water partition coefficient (Wildman–Crippen LogP) is 7.55. The number of anilines is 1. The number of hydrogen-bond donors (Lipinski definition) is 2. The summed E-state index contributed by atoms with van der Waals surface area (Å²) in [6, 6.07) is 13.4. The molecular formula is C52H58Cl2FN7O9S. The summed E-state index contributed by atoms with van der Waals surface area (Å²) in [5.41, 5.74) is 4.60. The quantitative estimate of drug-likeness (QED) is 0.122. The lowest BCUT2D eigenvalue weighted by Crippen LogP contribution is -2.49. The Morgan fingerprint density at radius 2 is 1.65 bits per heavy atom. The first-order valence-corrected chi connectivity index (χ1v) is 25.9. The Hall–Kier alpha value is -4.99. The van der Waals surface area contributed by atoms with E-state index in [-0.39, 0.29) is 43.5 Å². The molecule has 8 heterocycles. The van der Waals surface area contributed by atoms with E-state index in [1.807, 2.05) is 32.0 Å². The number of halogens is 3. The SMILES string of the molecule is Cc1c(Cl)c2c(Cl)c(C)c1-c1c(-c3ccc(F)cc3)sc3ncnc(c13)O[C@@H](C(O)O)Cc1cc(ccc1OCc1ccnc(N3CCC(OC[C@H]4COCCO4)CC3)n1)OC[C@@H](CN1CCN(C)CC1)O2. The number of rotatable bonds is 11. The molecule has 0 amide bonds. The van der Waals surface area contributed by atoms with Crippen LogP contribution in [0.4, 0.5) is 10.3 Å². The molecule has 0 aliphatic carbocycles. The number of benzene rings is 3. The average molecular weight is 1050 g/mol. The minimum atomic E-state index is -1.98. The summed E-state index contributed by atoms with van der Waals surface area (Å²) in [4.78, 5) is 26.8. The fourth-order valence-corrected chi connectivity index (χ4v) is 11.3. The van der Waals surface area contributed by atoms with Gasteiger partial charge in [-0.3, -0.25) is 4.90 Å². The summed E-state index contributed by atoms with van der Waals surface area (Å²) in [5, 5.41) is 23.4. The van der Waals surface area contributed by atoms with E-state index in [0.29, 0.717) is 116 Å². The van der Waals surface area contributed by atoms with Gasteiger partial charge in [0.15, 0.2) is 18.1 Å². The molecule has 72 heavy (non-hydrogen) atoms. The summed E-state index contributed by atoms with van der Waals surface area (Å²) in [5.74, 6) is 1.58. The van der Waals surface area contributed by atoms with Gasteiger partial charge in [-0.2, -0.15) is 0 Å². The third-order valence-corrected chi connectivity index (χ3v) is 15.7. The lowest BCUT2D eigenvalue weighted by Gasteiger charge is -2.35. The number of aliphatic hydroxyl groups excluding tert-OH is 1. The maximum atomic E-state index is 14.4. The maximum absolute atomic E-state index is 14.4. The smallest absolute Gasteiger partial charge is 0.226 e. The first-order chi connectivity index (χ1) is 34.9. The molecule has 0 radical (unpaired) electrons. The molecule has 3 saturated heterocycles. The molecule has 5 aliphatic rings. The van der Waals surface area contributed by atoms with Crippen molar-refractivity contribution < 1.29 is 47.8 Å². The Labute approximate surface area is 431 Å². The van der Waals surface area contributed by atoms with Crippen molar-refractivity contribution in [3.05, 3.63) is 99.3 Å². The number of thiophene rings is 1. The largest absolute Gasteiger partial charge is 0.490 e. The van der Waals surface area contributed by atoms with Crippen molar-refractivity contribution in [1.82, 2.24) is 29.7 Å². The van der Waals surface area contributed by atoms with Gasteiger partial charge in [-0.05, 0) is 92.4 Å². The van der Waals surface area contributed by atoms with Crippen LogP contribution in [0.25, 0.3) is 31.8 Å². The molecule has 3 aromatic carbocycles. The molecule has 20 heteroatoms. The number of ether oxygens (including phenoxy) is 7. The van der Waals surface area contributed by atoms with E-state index in [0.717, 1.165) is 57.0 Å². The van der Waals surface area contributed by atoms with E-state index in [2.05, 4.69) is 36.7 Å². The third kappa shape index (κ3) is 11.4. The second-order valence-electron chi connectivity index (χ2n) is 18.7. The highest BCUT2D eigenvalue weighted by molar-refractivity contribution is 7.22. The van der Waals surface area contributed by atoms with Crippen LogP contribution < -0.4 is 23.8 Å². The number of likely N-dealkylation sites (N-methyl/N-ethyl adjacent to an activating group) is 1. The van der Waals surface area contributed by atoms with Crippen LogP contribution in [0.2, 0.25) is 10.0 Å². The van der Waals surface area contributed by atoms with Crippen LogP contribution in [0.3, 0.4) is 0 Å². The molecule has 3 atom stereocenters. The van der Waals surface area contributed by atoms with Gasteiger partial charge in [-0.25, -0.2) is 24.3 Å². The number of nitrogens with zero attached hydrogens (tertiary/aromatic N) is 7. The molecular weight excluding hydrogens is 989 g/mol. The molecule has 0 saturated carbocycles. The van der Waals surface area contributed by atoms with Crippen LogP contribution in [-0.4, -0.2) is 157 Å². The number of aliphatic hydroxyl groups is 2. The second-order valence-corrected chi connectivity index (χ2v) is 20.4. The monoisotopic (exact) mass is 1050 g/mol. The van der Waals surface area contributed by atoms with Gasteiger partial charge in [0.1, 0.15) is 53.9 Å². The highest BCUT2D eigenvalue weighted by atomic mass is 35.5. The maximum Gasteiger partial charge on any atom is 0.226 e. The average Bonchev–Trinajstić information content (AvgIpc) is 3.78. The van der Waals surface area contributed by atoms with Crippen LogP contribution >= 0.6 is 34.5 Å². The summed E-state index contributed by atoms with van der Waals surface area (Å²) in [6.45, 7) is 11.8. The zero-order valence-electron chi connectivity index (χ0n) is 40.4. The Balaban J connectivity index is 0.983. The van der Waals surface area contributed by atoms with Crippen LogP contribution in [0.1, 0.15) is 35.2 Å². The Morgan fingerprint density at radius 1 is 0.875 bits per heavy atom. The van der Waals surface area contributed by atoms with Crippen molar-refractivity contribution in [2.24, 2.45) is 0 Å². The fraction of sp³-hybridized carbons (Fsp3) is 0.462. The van der Waals surface area contributed by atoms with Gasteiger partial charge >= 0.3 is 0 Å². The molecule has 5 aliphatic heterocycles. The minimum Gasteiger partial charge on any atom is -0.490 e. The number of fused-ring (bicyclic) bond motifs is 7. The van der Waals surface area contributed by atoms with Gasteiger partial charge in [-0.1, -0.05) is 35.3 Å². The van der Waals surface area contributed by atoms with E-state index in [1.54, 1.807) is 24.4 Å². The van der Waals surface area contributed by atoms with Crippen molar-refractivity contribution in [2.45, 2.75) is 70.4 Å². The molecule has 3 aromatic heterocycles. The molecule has 382 valence electrons. The van der Waals surface area contributed by atoms with Crippen LogP contribution in [0.15, 0.2) is 61.1 Å². The predicted molar refractivity (Wildman–Crippen MR) is 272 cm³/mol.